The van der Waals surface area contributed by atoms with Gasteiger partial charge in [0.05, 0.1) is 11.3 Å². The zero-order valence-electron chi connectivity index (χ0n) is 12.0. The second-order valence-corrected chi connectivity index (χ2v) is 6.78. The Bertz CT molecular complexity index is 564. The molecule has 0 aliphatic heterocycles. The first-order chi connectivity index (χ1) is 9.31. The van der Waals surface area contributed by atoms with Gasteiger partial charge in [0.15, 0.2) is 0 Å². The van der Waals surface area contributed by atoms with E-state index in [1.807, 2.05) is 13.8 Å². The SMILES string of the molecule is CCC(CC)N(C)S(=O)(=O)Cc1cccc(C(=O)O)c1. The minimum atomic E-state index is -3.44. The first kappa shape index (κ1) is 16.7. The van der Waals surface area contributed by atoms with Gasteiger partial charge in [0.1, 0.15) is 0 Å². The van der Waals surface area contributed by atoms with Crippen LogP contribution in [0, 0.1) is 0 Å². The van der Waals surface area contributed by atoms with E-state index >= 15 is 0 Å². The van der Waals surface area contributed by atoms with E-state index in [1.54, 1.807) is 19.2 Å². The lowest BCUT2D eigenvalue weighted by atomic mass is 10.1. The van der Waals surface area contributed by atoms with Gasteiger partial charge >= 0.3 is 5.97 Å². The van der Waals surface area contributed by atoms with Crippen molar-refractivity contribution in [2.24, 2.45) is 0 Å². The number of rotatable bonds is 7. The van der Waals surface area contributed by atoms with E-state index in [2.05, 4.69) is 0 Å². The number of carboxylic acid groups (broad SMARTS) is 1. The molecular formula is C14H21NO4S. The third-order valence-corrected chi connectivity index (χ3v) is 5.29. The second kappa shape index (κ2) is 6.85. The number of carbonyl (C=O) groups is 1. The van der Waals surface area contributed by atoms with Gasteiger partial charge in [-0.25, -0.2) is 17.5 Å². The van der Waals surface area contributed by atoms with E-state index in [1.165, 1.54) is 16.4 Å². The van der Waals surface area contributed by atoms with E-state index in [0.717, 1.165) is 12.8 Å². The van der Waals surface area contributed by atoms with Crippen LogP contribution < -0.4 is 0 Å². The summed E-state index contributed by atoms with van der Waals surface area (Å²) in [6, 6.07) is 6.02. The largest absolute Gasteiger partial charge is 0.478 e. The van der Waals surface area contributed by atoms with Crippen molar-refractivity contribution in [3.8, 4) is 0 Å². The van der Waals surface area contributed by atoms with Crippen LogP contribution in [0.4, 0.5) is 0 Å². The van der Waals surface area contributed by atoms with Crippen LogP contribution in [0.25, 0.3) is 0 Å². The van der Waals surface area contributed by atoms with Gasteiger partial charge < -0.3 is 5.11 Å². The first-order valence-corrected chi connectivity index (χ1v) is 8.20. The topological polar surface area (TPSA) is 74.7 Å². The Morgan fingerprint density at radius 1 is 1.30 bits per heavy atom. The zero-order chi connectivity index (χ0) is 15.3. The highest BCUT2D eigenvalue weighted by atomic mass is 32.2. The number of sulfonamides is 1. The number of aromatic carboxylic acids is 1. The van der Waals surface area contributed by atoms with Crippen LogP contribution in [-0.4, -0.2) is 36.9 Å². The van der Waals surface area contributed by atoms with Crippen molar-refractivity contribution in [1.29, 1.82) is 0 Å². The van der Waals surface area contributed by atoms with Gasteiger partial charge in [0.2, 0.25) is 10.0 Å². The maximum atomic E-state index is 12.3. The third-order valence-electron chi connectivity index (χ3n) is 3.42. The molecule has 0 aliphatic rings. The van der Waals surface area contributed by atoms with Crippen molar-refractivity contribution >= 4 is 16.0 Å². The monoisotopic (exact) mass is 299 g/mol. The molecule has 0 amide bonds. The summed E-state index contributed by atoms with van der Waals surface area (Å²) in [5.74, 6) is -1.24. The van der Waals surface area contributed by atoms with Crippen LogP contribution in [-0.2, 0) is 15.8 Å². The van der Waals surface area contributed by atoms with Crippen LogP contribution in [0.5, 0.6) is 0 Å². The summed E-state index contributed by atoms with van der Waals surface area (Å²) in [4.78, 5) is 10.9. The fraction of sp³-hybridized carbons (Fsp3) is 0.500. The molecule has 0 aromatic heterocycles. The number of benzene rings is 1. The lowest BCUT2D eigenvalue weighted by molar-refractivity contribution is 0.0696. The predicted octanol–water partition coefficient (Wildman–Crippen LogP) is 2.33. The van der Waals surface area contributed by atoms with Gasteiger partial charge in [-0.15, -0.1) is 0 Å². The number of hydrogen-bond donors (Lipinski definition) is 1. The predicted molar refractivity (Wildman–Crippen MR) is 78.2 cm³/mol. The average Bonchev–Trinajstić information content (AvgIpc) is 2.39. The molecule has 0 bridgehead atoms. The smallest absolute Gasteiger partial charge is 0.335 e. The van der Waals surface area contributed by atoms with E-state index in [0.29, 0.717) is 5.56 Å². The van der Waals surface area contributed by atoms with Gasteiger partial charge in [-0.1, -0.05) is 26.0 Å². The molecule has 1 rings (SSSR count). The van der Waals surface area contributed by atoms with Crippen molar-refractivity contribution in [2.45, 2.75) is 38.5 Å². The summed E-state index contributed by atoms with van der Waals surface area (Å²) in [6.07, 6.45) is 1.50. The molecule has 0 unspecified atom stereocenters. The molecule has 5 nitrogen and oxygen atoms in total. The fourth-order valence-electron chi connectivity index (χ4n) is 2.14. The Morgan fingerprint density at radius 3 is 2.40 bits per heavy atom. The average molecular weight is 299 g/mol. The highest BCUT2D eigenvalue weighted by Gasteiger charge is 2.24. The van der Waals surface area contributed by atoms with Gasteiger partial charge in [-0.3, -0.25) is 0 Å². The number of hydrogen-bond acceptors (Lipinski definition) is 3. The summed E-state index contributed by atoms with van der Waals surface area (Å²) in [7, 11) is -1.86. The summed E-state index contributed by atoms with van der Waals surface area (Å²) < 4.78 is 26.0. The molecule has 0 saturated heterocycles. The van der Waals surface area contributed by atoms with E-state index in [4.69, 9.17) is 5.11 Å². The van der Waals surface area contributed by atoms with Crippen molar-refractivity contribution < 1.29 is 18.3 Å². The molecule has 20 heavy (non-hydrogen) atoms. The summed E-state index contributed by atoms with van der Waals surface area (Å²) in [6.45, 7) is 3.90. The Kier molecular flexibility index (Phi) is 5.71. The van der Waals surface area contributed by atoms with Gasteiger partial charge in [-0.2, -0.15) is 0 Å². The third kappa shape index (κ3) is 4.05. The Morgan fingerprint density at radius 2 is 1.90 bits per heavy atom. The molecule has 0 radical (unpaired) electrons. The van der Waals surface area contributed by atoms with Crippen LogP contribution in [0.1, 0.15) is 42.6 Å². The Balaban J connectivity index is 2.96. The van der Waals surface area contributed by atoms with Gasteiger partial charge in [0.25, 0.3) is 0 Å². The highest BCUT2D eigenvalue weighted by molar-refractivity contribution is 7.88. The standard InChI is InChI=1S/C14H21NO4S/c1-4-13(5-2)15(3)20(18,19)10-11-7-6-8-12(9-11)14(16)17/h6-9,13H,4-5,10H2,1-3H3,(H,16,17). The lowest BCUT2D eigenvalue weighted by Crippen LogP contribution is -2.37. The van der Waals surface area contributed by atoms with Gasteiger partial charge in [0, 0.05) is 13.1 Å². The maximum absolute atomic E-state index is 12.3. The molecule has 0 spiro atoms. The first-order valence-electron chi connectivity index (χ1n) is 6.59. The van der Waals surface area contributed by atoms with Crippen LogP contribution in [0.15, 0.2) is 24.3 Å². The summed E-state index contributed by atoms with van der Waals surface area (Å²) in [5.41, 5.74) is 0.589. The molecule has 1 aromatic rings. The fourth-order valence-corrected chi connectivity index (χ4v) is 3.69. The molecule has 0 atom stereocenters. The summed E-state index contributed by atoms with van der Waals surface area (Å²) in [5, 5.41) is 8.92. The van der Waals surface area contributed by atoms with Crippen molar-refractivity contribution in [1.82, 2.24) is 4.31 Å². The number of nitrogens with zero attached hydrogens (tertiary/aromatic N) is 1. The minimum Gasteiger partial charge on any atom is -0.478 e. The quantitative estimate of drug-likeness (QED) is 0.838. The van der Waals surface area contributed by atoms with Crippen molar-refractivity contribution in [3.05, 3.63) is 35.4 Å². The zero-order valence-corrected chi connectivity index (χ0v) is 12.9. The molecular weight excluding hydrogens is 278 g/mol. The van der Waals surface area contributed by atoms with Crippen LogP contribution >= 0.6 is 0 Å². The molecule has 1 N–H and O–H groups in total. The van der Waals surface area contributed by atoms with E-state index in [-0.39, 0.29) is 17.4 Å². The number of carboxylic acids is 1. The van der Waals surface area contributed by atoms with E-state index < -0.39 is 16.0 Å². The van der Waals surface area contributed by atoms with E-state index in [9.17, 15) is 13.2 Å². The second-order valence-electron chi connectivity index (χ2n) is 4.75. The normalized spacial score (nSPS) is 12.1. The molecule has 0 heterocycles. The van der Waals surface area contributed by atoms with Crippen molar-refractivity contribution in [3.63, 3.8) is 0 Å². The van der Waals surface area contributed by atoms with Crippen molar-refractivity contribution in [2.75, 3.05) is 7.05 Å². The highest BCUT2D eigenvalue weighted by Crippen LogP contribution is 2.16. The van der Waals surface area contributed by atoms with Crippen LogP contribution in [0.3, 0.4) is 0 Å². The minimum absolute atomic E-state index is 0.0253. The molecule has 0 aliphatic carbocycles. The summed E-state index contributed by atoms with van der Waals surface area (Å²) >= 11 is 0. The molecule has 0 fully saturated rings. The van der Waals surface area contributed by atoms with Gasteiger partial charge in [-0.05, 0) is 30.5 Å². The molecule has 0 saturated carbocycles. The van der Waals surface area contributed by atoms with Crippen LogP contribution in [0.2, 0.25) is 0 Å². The maximum Gasteiger partial charge on any atom is 0.335 e. The lowest BCUT2D eigenvalue weighted by Gasteiger charge is -2.25. The Hall–Kier alpha value is -1.40. The molecule has 112 valence electrons. The Labute approximate surface area is 120 Å². The molecule has 1 aromatic carbocycles. The molecule has 6 heteroatoms.